The molecule has 1 atom stereocenters. The smallest absolute Gasteiger partial charge is 0.311 e. The van der Waals surface area contributed by atoms with Gasteiger partial charge in [0.2, 0.25) is 0 Å². The summed E-state index contributed by atoms with van der Waals surface area (Å²) in [6, 6.07) is 12.8. The number of carboxylic acid groups (broad SMARTS) is 2. The number of phenolic OH excluding ortho intramolecular Hbond substituents is 3. The summed E-state index contributed by atoms with van der Waals surface area (Å²) in [6.07, 6.45) is 1.83. The van der Waals surface area contributed by atoms with Gasteiger partial charge >= 0.3 is 17.9 Å². The number of phenols is 3. The number of rotatable bonds is 9. The summed E-state index contributed by atoms with van der Waals surface area (Å²) in [4.78, 5) is 74.0. The van der Waals surface area contributed by atoms with Crippen molar-refractivity contribution in [1.82, 2.24) is 13.7 Å². The van der Waals surface area contributed by atoms with Crippen LogP contribution in [0.15, 0.2) is 84.9 Å². The standard InChI is InChI=1S/C22H18F3NO4.C22H20F3NO4.C18H12F3NO4/c1-10-19(20(22(29)30)11-3-2-4-11)13-8-18(27)16(25)9-17(13)26(10)21(28)12-5-6-14(23)15(24)7-12;1-10-20(30-11(2)27)17-16(9-15(25)19(28)18(17)22(3,4)5)26(10)21(29)12-6-7-13(23)14(24)8-12;1-8-10(6-17(24)25)11-5-16(23)14(21)7-15(11)22(8)18(26)9-2-3-12(19)13(20)4-9/h5-9,11,20,27H,2-4H2,1H3,(H,29,30);6-9,28H,1-5H3;2-5,7,23H,6H2,1H3,(H,24,25). The number of aliphatic carboxylic acids is 2. The van der Waals surface area contributed by atoms with Gasteiger partial charge in [0.1, 0.15) is 0 Å². The minimum atomic E-state index is -1.22. The fourth-order valence-electron chi connectivity index (χ4n) is 10.6. The number of carboxylic acids is 2. The first-order chi connectivity index (χ1) is 40.2. The third-order valence-corrected chi connectivity index (χ3v) is 14.7. The fourth-order valence-corrected chi connectivity index (χ4v) is 10.6. The van der Waals surface area contributed by atoms with E-state index in [1.165, 1.54) is 27.7 Å². The third-order valence-electron chi connectivity index (χ3n) is 14.7. The van der Waals surface area contributed by atoms with E-state index < -0.39 is 123 Å². The van der Waals surface area contributed by atoms with Crippen molar-refractivity contribution in [2.45, 2.75) is 85.5 Å². The van der Waals surface area contributed by atoms with Gasteiger partial charge < -0.3 is 30.3 Å². The molecule has 15 nitrogen and oxygen atoms in total. The molecule has 0 aliphatic heterocycles. The molecular formula is C62H50F9N3O12. The molecule has 1 aliphatic carbocycles. The quantitative estimate of drug-likeness (QED) is 0.0672. The van der Waals surface area contributed by atoms with Crippen LogP contribution in [0.25, 0.3) is 32.7 Å². The molecule has 3 aromatic heterocycles. The third kappa shape index (κ3) is 11.6. The maximum atomic E-state index is 14.6. The molecule has 86 heavy (non-hydrogen) atoms. The molecule has 10 rings (SSSR count). The lowest BCUT2D eigenvalue weighted by Gasteiger charge is -2.31. The molecule has 1 aliphatic rings. The molecule has 5 N–H and O–H groups in total. The van der Waals surface area contributed by atoms with E-state index in [-0.39, 0.29) is 89.3 Å². The number of benzene rings is 6. The van der Waals surface area contributed by atoms with Gasteiger partial charge in [-0.3, -0.25) is 42.5 Å². The second-order valence-electron chi connectivity index (χ2n) is 21.3. The lowest BCUT2D eigenvalue weighted by atomic mass is 9.72. The van der Waals surface area contributed by atoms with Crippen LogP contribution in [0.5, 0.6) is 23.0 Å². The fraction of sp³-hybridized carbons (Fsp3) is 0.226. The van der Waals surface area contributed by atoms with Crippen LogP contribution < -0.4 is 4.74 Å². The SMILES string of the molecule is CC(=O)Oc1c(C)n(C(=O)c2ccc(F)c(F)c2)c2cc(F)c(O)c(C(C)(C)C)c12.Cc1c(C(C(=O)O)C2CCC2)c2cc(O)c(F)cc2n1C(=O)c1ccc(F)c(F)c1.Cc1c(CC(=O)O)c2cc(O)c(F)cc2n1C(=O)c1ccc(F)c(F)c1. The number of carbonyl (C=O) groups is 6. The number of aromatic hydroxyl groups is 3. The van der Waals surface area contributed by atoms with Gasteiger partial charge in [-0.15, -0.1) is 0 Å². The summed E-state index contributed by atoms with van der Waals surface area (Å²) in [5.41, 5.74) is 0.0130. The Bertz CT molecular complexity index is 4340. The Kier molecular flexibility index (Phi) is 17.1. The van der Waals surface area contributed by atoms with Crippen LogP contribution in [0.1, 0.15) is 118 Å². The Hall–Kier alpha value is -9.87. The number of esters is 1. The van der Waals surface area contributed by atoms with E-state index in [0.29, 0.717) is 24.5 Å². The van der Waals surface area contributed by atoms with Gasteiger partial charge in [-0.2, -0.15) is 0 Å². The molecule has 0 saturated heterocycles. The molecule has 9 aromatic rings. The number of carbonyl (C=O) groups excluding carboxylic acids is 4. The summed E-state index contributed by atoms with van der Waals surface area (Å²) >= 11 is 0. The zero-order valence-electron chi connectivity index (χ0n) is 46.4. The van der Waals surface area contributed by atoms with Crippen LogP contribution in [0, 0.1) is 79.0 Å². The van der Waals surface area contributed by atoms with Crippen molar-refractivity contribution in [2.24, 2.45) is 5.92 Å². The van der Waals surface area contributed by atoms with Gasteiger partial charge in [0.25, 0.3) is 17.7 Å². The predicted octanol–water partition coefficient (Wildman–Crippen LogP) is 13.1. The molecule has 0 spiro atoms. The first-order valence-corrected chi connectivity index (χ1v) is 26.0. The summed E-state index contributed by atoms with van der Waals surface area (Å²) in [5.74, 6) is -18.3. The van der Waals surface area contributed by atoms with Gasteiger partial charge in [-0.05, 0) is 123 Å². The average Bonchev–Trinajstić information content (AvgIpc) is 1.67. The Labute approximate surface area is 481 Å². The van der Waals surface area contributed by atoms with Crippen LogP contribution in [0.4, 0.5) is 39.5 Å². The van der Waals surface area contributed by atoms with E-state index in [1.807, 2.05) is 0 Å². The summed E-state index contributed by atoms with van der Waals surface area (Å²) in [6.45, 7) is 10.8. The second kappa shape index (κ2) is 23.6. The highest BCUT2D eigenvalue weighted by atomic mass is 19.2. The summed E-state index contributed by atoms with van der Waals surface area (Å²) in [7, 11) is 0. The Morgan fingerprint density at radius 3 is 1.36 bits per heavy atom. The first kappa shape index (κ1) is 62.2. The lowest BCUT2D eigenvalue weighted by Crippen LogP contribution is -2.27. The lowest BCUT2D eigenvalue weighted by molar-refractivity contribution is -0.141. The molecule has 3 heterocycles. The van der Waals surface area contributed by atoms with Crippen molar-refractivity contribution < 1.29 is 98.6 Å². The number of halogens is 9. The van der Waals surface area contributed by atoms with E-state index >= 15 is 0 Å². The molecule has 1 unspecified atom stereocenters. The van der Waals surface area contributed by atoms with Crippen molar-refractivity contribution in [3.8, 4) is 23.0 Å². The van der Waals surface area contributed by atoms with Crippen LogP contribution in [0.2, 0.25) is 0 Å². The van der Waals surface area contributed by atoms with Crippen molar-refractivity contribution in [3.63, 3.8) is 0 Å². The largest absolute Gasteiger partial charge is 0.505 e. The summed E-state index contributed by atoms with van der Waals surface area (Å²) < 4.78 is 132. The zero-order valence-corrected chi connectivity index (χ0v) is 46.4. The van der Waals surface area contributed by atoms with Crippen molar-refractivity contribution in [1.29, 1.82) is 0 Å². The number of hydrogen-bond acceptors (Lipinski definition) is 10. The highest BCUT2D eigenvalue weighted by Crippen LogP contribution is 2.47. The molecule has 0 radical (unpaired) electrons. The van der Waals surface area contributed by atoms with E-state index in [4.69, 9.17) is 9.84 Å². The monoisotopic (exact) mass is 1200 g/mol. The Balaban J connectivity index is 0.000000168. The maximum absolute atomic E-state index is 14.6. The number of aromatic nitrogens is 3. The number of ether oxygens (including phenoxy) is 1. The molecule has 6 aromatic carbocycles. The summed E-state index contributed by atoms with van der Waals surface area (Å²) in [5, 5.41) is 49.5. The van der Waals surface area contributed by atoms with Crippen LogP contribution in [0.3, 0.4) is 0 Å². The molecular weight excluding hydrogens is 1150 g/mol. The average molecular weight is 1200 g/mol. The molecule has 0 amide bonds. The van der Waals surface area contributed by atoms with E-state index in [9.17, 15) is 88.7 Å². The Morgan fingerprint density at radius 1 is 0.547 bits per heavy atom. The van der Waals surface area contributed by atoms with Gasteiger partial charge in [0.05, 0.1) is 40.0 Å². The van der Waals surface area contributed by atoms with Gasteiger partial charge in [-0.25, -0.2) is 39.5 Å². The molecule has 1 saturated carbocycles. The normalized spacial score (nSPS) is 12.7. The molecule has 1 fully saturated rings. The van der Waals surface area contributed by atoms with Gasteiger partial charge in [0, 0.05) is 69.5 Å². The van der Waals surface area contributed by atoms with Crippen LogP contribution in [-0.2, 0) is 26.2 Å². The van der Waals surface area contributed by atoms with Crippen LogP contribution in [-0.4, -0.2) is 74.9 Å². The maximum Gasteiger partial charge on any atom is 0.311 e. The van der Waals surface area contributed by atoms with Crippen molar-refractivity contribution in [2.75, 3.05) is 0 Å². The molecule has 24 heteroatoms. The minimum Gasteiger partial charge on any atom is -0.505 e. The highest BCUT2D eigenvalue weighted by molar-refractivity contribution is 6.08. The first-order valence-electron chi connectivity index (χ1n) is 26.0. The molecule has 448 valence electrons. The van der Waals surface area contributed by atoms with Gasteiger partial charge in [-0.1, -0.05) is 27.2 Å². The Morgan fingerprint density at radius 2 is 0.965 bits per heavy atom. The number of nitrogens with zero attached hydrogens (tertiary/aromatic N) is 3. The minimum absolute atomic E-state index is 0.0174. The number of hydrogen-bond donors (Lipinski definition) is 5. The van der Waals surface area contributed by atoms with Crippen LogP contribution >= 0.6 is 0 Å². The van der Waals surface area contributed by atoms with E-state index in [1.54, 1.807) is 20.8 Å². The van der Waals surface area contributed by atoms with Crippen molar-refractivity contribution in [3.05, 3.63) is 188 Å². The topological polar surface area (TPSA) is 228 Å². The second-order valence-corrected chi connectivity index (χ2v) is 21.3. The van der Waals surface area contributed by atoms with E-state index in [0.717, 1.165) is 99.0 Å². The van der Waals surface area contributed by atoms with Crippen molar-refractivity contribution >= 4 is 68.3 Å². The highest BCUT2D eigenvalue weighted by Gasteiger charge is 2.39. The molecule has 0 bridgehead atoms. The zero-order chi connectivity index (χ0) is 63.5. The van der Waals surface area contributed by atoms with E-state index in [2.05, 4.69) is 0 Å². The number of fused-ring (bicyclic) bond motifs is 3. The predicted molar refractivity (Wildman–Crippen MR) is 292 cm³/mol. The van der Waals surface area contributed by atoms with Gasteiger partial charge in [0.15, 0.2) is 75.4 Å².